The third-order valence-electron chi connectivity index (χ3n) is 3.40. The van der Waals surface area contributed by atoms with Crippen molar-refractivity contribution >= 4 is 5.91 Å². The van der Waals surface area contributed by atoms with Crippen molar-refractivity contribution in [1.82, 2.24) is 10.2 Å². The Morgan fingerprint density at radius 3 is 2.71 bits per heavy atom. The molecule has 1 heterocycles. The van der Waals surface area contributed by atoms with Crippen LogP contribution in [0.15, 0.2) is 30.3 Å². The highest BCUT2D eigenvalue weighted by atomic mass is 16.2. The second kappa shape index (κ2) is 5.82. The smallest absolute Gasteiger partial charge is 0.237 e. The van der Waals surface area contributed by atoms with Gasteiger partial charge in [-0.05, 0) is 24.9 Å². The van der Waals surface area contributed by atoms with E-state index in [-0.39, 0.29) is 11.9 Å². The largest absolute Gasteiger partial charge is 0.355 e. The number of carbonyl (C=O) groups is 1. The molecule has 1 atom stereocenters. The fraction of sp³-hybridized carbons (Fsp3) is 0.500. The SMILES string of the molecule is CCN(CCc1ccccc1)[C@H]1CCNC1=O. The third kappa shape index (κ3) is 3.07. The fourth-order valence-corrected chi connectivity index (χ4v) is 2.38. The van der Waals surface area contributed by atoms with Crippen molar-refractivity contribution in [2.24, 2.45) is 0 Å². The number of benzene rings is 1. The Bertz CT molecular complexity index is 364. The number of amides is 1. The van der Waals surface area contributed by atoms with Gasteiger partial charge in [-0.3, -0.25) is 9.69 Å². The average molecular weight is 232 g/mol. The summed E-state index contributed by atoms with van der Waals surface area (Å²) in [5.74, 6) is 0.194. The lowest BCUT2D eigenvalue weighted by molar-refractivity contribution is -0.123. The second-order valence-electron chi connectivity index (χ2n) is 4.46. The van der Waals surface area contributed by atoms with Crippen LogP contribution in [0, 0.1) is 0 Å². The summed E-state index contributed by atoms with van der Waals surface area (Å²) in [5, 5.41) is 2.90. The van der Waals surface area contributed by atoms with Gasteiger partial charge in [0.2, 0.25) is 5.91 Å². The molecule has 0 saturated carbocycles. The molecule has 0 aromatic heterocycles. The van der Waals surface area contributed by atoms with Crippen LogP contribution in [0.1, 0.15) is 18.9 Å². The summed E-state index contributed by atoms with van der Waals surface area (Å²) in [4.78, 5) is 13.9. The average Bonchev–Trinajstić information content (AvgIpc) is 2.78. The van der Waals surface area contributed by atoms with Gasteiger partial charge in [0.15, 0.2) is 0 Å². The molecule has 92 valence electrons. The Hall–Kier alpha value is -1.35. The minimum Gasteiger partial charge on any atom is -0.355 e. The minimum atomic E-state index is 0.0868. The molecule has 0 radical (unpaired) electrons. The zero-order chi connectivity index (χ0) is 12.1. The highest BCUT2D eigenvalue weighted by molar-refractivity contribution is 5.83. The summed E-state index contributed by atoms with van der Waals surface area (Å²) in [7, 11) is 0. The number of rotatable bonds is 5. The van der Waals surface area contributed by atoms with Gasteiger partial charge in [-0.15, -0.1) is 0 Å². The molecule has 1 amide bonds. The van der Waals surface area contributed by atoms with Gasteiger partial charge < -0.3 is 5.32 Å². The molecular formula is C14H20N2O. The Balaban J connectivity index is 1.90. The van der Waals surface area contributed by atoms with Crippen LogP contribution in [-0.2, 0) is 11.2 Å². The quantitative estimate of drug-likeness (QED) is 0.833. The van der Waals surface area contributed by atoms with Crippen LogP contribution < -0.4 is 5.32 Å². The number of hydrogen-bond acceptors (Lipinski definition) is 2. The van der Waals surface area contributed by atoms with Gasteiger partial charge in [-0.25, -0.2) is 0 Å². The van der Waals surface area contributed by atoms with Crippen LogP contribution in [0.5, 0.6) is 0 Å². The summed E-state index contributed by atoms with van der Waals surface area (Å²) in [5.41, 5.74) is 1.34. The van der Waals surface area contributed by atoms with Crippen LogP contribution in [0.2, 0.25) is 0 Å². The van der Waals surface area contributed by atoms with Crippen molar-refractivity contribution in [2.45, 2.75) is 25.8 Å². The molecule has 1 N–H and O–H groups in total. The summed E-state index contributed by atoms with van der Waals surface area (Å²) >= 11 is 0. The van der Waals surface area contributed by atoms with Gasteiger partial charge in [0, 0.05) is 13.1 Å². The fourth-order valence-electron chi connectivity index (χ4n) is 2.38. The molecule has 0 unspecified atom stereocenters. The Morgan fingerprint density at radius 1 is 1.35 bits per heavy atom. The van der Waals surface area contributed by atoms with Crippen molar-refractivity contribution < 1.29 is 4.79 Å². The van der Waals surface area contributed by atoms with Crippen LogP contribution >= 0.6 is 0 Å². The zero-order valence-corrected chi connectivity index (χ0v) is 10.4. The van der Waals surface area contributed by atoms with Gasteiger partial charge >= 0.3 is 0 Å². The van der Waals surface area contributed by atoms with E-state index in [0.717, 1.165) is 32.5 Å². The van der Waals surface area contributed by atoms with Crippen LogP contribution in [0.25, 0.3) is 0 Å². The van der Waals surface area contributed by atoms with E-state index in [0.29, 0.717) is 0 Å². The monoisotopic (exact) mass is 232 g/mol. The van der Waals surface area contributed by atoms with E-state index in [2.05, 4.69) is 41.4 Å². The molecule has 1 aliphatic heterocycles. The second-order valence-corrected chi connectivity index (χ2v) is 4.46. The first-order valence-corrected chi connectivity index (χ1v) is 6.37. The molecule has 1 aromatic rings. The van der Waals surface area contributed by atoms with E-state index in [1.54, 1.807) is 0 Å². The molecule has 1 fully saturated rings. The lowest BCUT2D eigenvalue weighted by Gasteiger charge is -2.25. The third-order valence-corrected chi connectivity index (χ3v) is 3.40. The molecule has 3 nitrogen and oxygen atoms in total. The number of hydrogen-bond donors (Lipinski definition) is 1. The maximum absolute atomic E-state index is 11.6. The van der Waals surface area contributed by atoms with Gasteiger partial charge in [-0.1, -0.05) is 37.3 Å². The number of likely N-dealkylation sites (N-methyl/N-ethyl adjacent to an activating group) is 1. The molecule has 1 aliphatic rings. The van der Waals surface area contributed by atoms with E-state index in [1.165, 1.54) is 5.56 Å². The van der Waals surface area contributed by atoms with Crippen LogP contribution in [-0.4, -0.2) is 36.5 Å². The van der Waals surface area contributed by atoms with Crippen molar-refractivity contribution in [1.29, 1.82) is 0 Å². The van der Waals surface area contributed by atoms with Crippen LogP contribution in [0.4, 0.5) is 0 Å². The molecule has 3 heteroatoms. The standard InChI is InChI=1S/C14H20N2O/c1-2-16(13-8-10-15-14(13)17)11-9-12-6-4-3-5-7-12/h3-7,13H,2,8-11H2,1H3,(H,15,17)/t13-/m0/s1. The molecule has 2 rings (SSSR count). The minimum absolute atomic E-state index is 0.0868. The Kier molecular flexibility index (Phi) is 4.15. The number of nitrogens with zero attached hydrogens (tertiary/aromatic N) is 1. The number of nitrogens with one attached hydrogen (secondary N) is 1. The molecule has 0 aliphatic carbocycles. The van der Waals surface area contributed by atoms with Crippen LogP contribution in [0.3, 0.4) is 0 Å². The maximum Gasteiger partial charge on any atom is 0.237 e. The number of carbonyl (C=O) groups excluding carboxylic acids is 1. The van der Waals surface area contributed by atoms with Gasteiger partial charge in [-0.2, -0.15) is 0 Å². The van der Waals surface area contributed by atoms with Gasteiger partial charge in [0.05, 0.1) is 6.04 Å². The van der Waals surface area contributed by atoms with Gasteiger partial charge in [0.25, 0.3) is 0 Å². The predicted octanol–water partition coefficient (Wildman–Crippen LogP) is 1.44. The topological polar surface area (TPSA) is 32.3 Å². The van der Waals surface area contributed by atoms with Crippen molar-refractivity contribution in [3.05, 3.63) is 35.9 Å². The lowest BCUT2D eigenvalue weighted by Crippen LogP contribution is -2.41. The zero-order valence-electron chi connectivity index (χ0n) is 10.4. The van der Waals surface area contributed by atoms with E-state index in [9.17, 15) is 4.79 Å². The first-order valence-electron chi connectivity index (χ1n) is 6.37. The van der Waals surface area contributed by atoms with Crippen molar-refractivity contribution in [3.8, 4) is 0 Å². The first kappa shape index (κ1) is 12.1. The lowest BCUT2D eigenvalue weighted by atomic mass is 10.1. The highest BCUT2D eigenvalue weighted by Gasteiger charge is 2.28. The molecule has 1 aromatic carbocycles. The van der Waals surface area contributed by atoms with E-state index in [4.69, 9.17) is 0 Å². The molecule has 17 heavy (non-hydrogen) atoms. The Morgan fingerprint density at radius 2 is 2.12 bits per heavy atom. The summed E-state index contributed by atoms with van der Waals surface area (Å²) in [6.07, 6.45) is 1.96. The van der Waals surface area contributed by atoms with Crippen molar-refractivity contribution in [2.75, 3.05) is 19.6 Å². The van der Waals surface area contributed by atoms with E-state index >= 15 is 0 Å². The van der Waals surface area contributed by atoms with E-state index < -0.39 is 0 Å². The van der Waals surface area contributed by atoms with Gasteiger partial charge in [0.1, 0.15) is 0 Å². The molecular weight excluding hydrogens is 212 g/mol. The van der Waals surface area contributed by atoms with E-state index in [1.807, 2.05) is 6.07 Å². The maximum atomic E-state index is 11.6. The molecule has 1 saturated heterocycles. The predicted molar refractivity (Wildman–Crippen MR) is 68.8 cm³/mol. The normalized spacial score (nSPS) is 19.6. The first-order chi connectivity index (χ1) is 8.31. The summed E-state index contributed by atoms with van der Waals surface area (Å²) in [6.45, 7) is 4.84. The Labute approximate surface area is 103 Å². The molecule has 0 bridgehead atoms. The molecule has 0 spiro atoms. The summed E-state index contributed by atoms with van der Waals surface area (Å²) < 4.78 is 0. The summed E-state index contributed by atoms with van der Waals surface area (Å²) in [6, 6.07) is 10.5. The van der Waals surface area contributed by atoms with Crippen molar-refractivity contribution in [3.63, 3.8) is 0 Å². The highest BCUT2D eigenvalue weighted by Crippen LogP contribution is 2.11.